The third-order valence-electron chi connectivity index (χ3n) is 2.77. The molecular weight excluding hydrogens is 226 g/mol. The molecule has 1 aliphatic carbocycles. The number of aliphatic hydroxyl groups is 1. The van der Waals surface area contributed by atoms with E-state index in [1.165, 1.54) is 32.2 Å². The van der Waals surface area contributed by atoms with Crippen LogP contribution in [-0.2, 0) is 19.1 Å². The Balaban J connectivity index is 3.09. The van der Waals surface area contributed by atoms with Crippen molar-refractivity contribution >= 4 is 18.2 Å². The molecular formula is C11H15NO5. The average Bonchev–Trinajstić information content (AvgIpc) is 2.63. The van der Waals surface area contributed by atoms with Crippen molar-refractivity contribution in [3.63, 3.8) is 0 Å². The highest BCUT2D eigenvalue weighted by Gasteiger charge is 2.46. The molecule has 6 nitrogen and oxygen atoms in total. The predicted molar refractivity (Wildman–Crippen MR) is 57.8 cm³/mol. The molecule has 94 valence electrons. The normalized spacial score (nSPS) is 27.3. The zero-order chi connectivity index (χ0) is 13.2. The Morgan fingerprint density at radius 1 is 1.47 bits per heavy atom. The second-order valence-corrected chi connectivity index (χ2v) is 4.03. The summed E-state index contributed by atoms with van der Waals surface area (Å²) < 4.78 is 4.54. The number of nitrogens with zero attached hydrogens (tertiary/aromatic N) is 1. The molecule has 0 heterocycles. The van der Waals surface area contributed by atoms with Gasteiger partial charge in [0.05, 0.1) is 19.1 Å². The van der Waals surface area contributed by atoms with Gasteiger partial charge in [-0.2, -0.15) is 0 Å². The number of aliphatic hydroxyl groups excluding tert-OH is 1. The highest BCUT2D eigenvalue weighted by molar-refractivity contribution is 5.95. The molecule has 0 aromatic heterocycles. The zero-order valence-corrected chi connectivity index (χ0v) is 9.91. The molecule has 6 heteroatoms. The molecule has 0 bridgehead atoms. The number of rotatable bonds is 3. The van der Waals surface area contributed by atoms with Gasteiger partial charge in [0, 0.05) is 19.7 Å². The van der Waals surface area contributed by atoms with Gasteiger partial charge < -0.3 is 14.7 Å². The molecule has 0 aliphatic heterocycles. The zero-order valence-electron chi connectivity index (χ0n) is 9.91. The summed E-state index contributed by atoms with van der Waals surface area (Å²) in [4.78, 5) is 35.5. The summed E-state index contributed by atoms with van der Waals surface area (Å²) >= 11 is 0. The van der Waals surface area contributed by atoms with E-state index in [1.54, 1.807) is 0 Å². The number of methoxy groups -OCH3 is 1. The van der Waals surface area contributed by atoms with Gasteiger partial charge in [-0.15, -0.1) is 0 Å². The molecule has 0 radical (unpaired) electrons. The van der Waals surface area contributed by atoms with Gasteiger partial charge in [0.25, 0.3) is 0 Å². The Morgan fingerprint density at radius 3 is 2.47 bits per heavy atom. The number of carbonyl (C=O) groups is 3. The summed E-state index contributed by atoms with van der Waals surface area (Å²) in [6, 6.07) is 0. The van der Waals surface area contributed by atoms with E-state index in [-0.39, 0.29) is 5.57 Å². The summed E-state index contributed by atoms with van der Waals surface area (Å²) in [5.41, 5.74) is 0.117. The summed E-state index contributed by atoms with van der Waals surface area (Å²) in [5.74, 6) is -3.12. The second kappa shape index (κ2) is 5.09. The topological polar surface area (TPSA) is 83.9 Å². The largest absolute Gasteiger partial charge is 0.469 e. The van der Waals surface area contributed by atoms with Crippen LogP contribution in [0.25, 0.3) is 0 Å². The van der Waals surface area contributed by atoms with Crippen molar-refractivity contribution < 1.29 is 24.2 Å². The van der Waals surface area contributed by atoms with E-state index >= 15 is 0 Å². The Bertz CT molecular complexity index is 374. The standard InChI is InChI=1S/C11H15NO5/c1-12(2)10(15)8-6(5-13)4-7(14)9(8)11(16)17-3/h4-5,7-9,14H,1-3H3/t7-,8+,9-/m0/s1. The number of amides is 1. The number of hydrogen-bond acceptors (Lipinski definition) is 5. The van der Waals surface area contributed by atoms with Crippen molar-refractivity contribution in [3.8, 4) is 0 Å². The third kappa shape index (κ3) is 2.36. The third-order valence-corrected chi connectivity index (χ3v) is 2.77. The van der Waals surface area contributed by atoms with Gasteiger partial charge in [0.1, 0.15) is 12.2 Å². The Kier molecular flexibility index (Phi) is 4.01. The van der Waals surface area contributed by atoms with Gasteiger partial charge in [0.15, 0.2) is 0 Å². The molecule has 0 spiro atoms. The van der Waals surface area contributed by atoms with Crippen molar-refractivity contribution in [3.05, 3.63) is 11.6 Å². The molecule has 3 atom stereocenters. The molecule has 0 aromatic rings. The number of esters is 1. The maximum atomic E-state index is 11.9. The van der Waals surface area contributed by atoms with Crippen LogP contribution in [0, 0.1) is 11.8 Å². The number of aldehydes is 1. The molecule has 17 heavy (non-hydrogen) atoms. The van der Waals surface area contributed by atoms with E-state index in [0.717, 1.165) is 0 Å². The first-order chi connectivity index (χ1) is 7.93. The molecule has 0 unspecified atom stereocenters. The Labute approximate surface area is 98.8 Å². The van der Waals surface area contributed by atoms with Gasteiger partial charge in [-0.3, -0.25) is 14.4 Å². The second-order valence-electron chi connectivity index (χ2n) is 4.03. The van der Waals surface area contributed by atoms with E-state index in [4.69, 9.17) is 0 Å². The fourth-order valence-electron chi connectivity index (χ4n) is 1.91. The van der Waals surface area contributed by atoms with E-state index < -0.39 is 29.8 Å². The van der Waals surface area contributed by atoms with Crippen molar-refractivity contribution in [2.24, 2.45) is 11.8 Å². The summed E-state index contributed by atoms with van der Waals surface area (Å²) in [7, 11) is 4.21. The molecule has 1 N–H and O–H groups in total. The van der Waals surface area contributed by atoms with Crippen LogP contribution in [0.3, 0.4) is 0 Å². The van der Waals surface area contributed by atoms with Gasteiger partial charge in [-0.25, -0.2) is 0 Å². The first-order valence-electron chi connectivity index (χ1n) is 5.08. The van der Waals surface area contributed by atoms with Crippen molar-refractivity contribution in [1.82, 2.24) is 4.90 Å². The van der Waals surface area contributed by atoms with Crippen LogP contribution in [0.15, 0.2) is 11.6 Å². The lowest BCUT2D eigenvalue weighted by atomic mass is 9.89. The predicted octanol–water partition coefficient (Wildman–Crippen LogP) is -1.02. The molecule has 1 rings (SSSR count). The number of carbonyl (C=O) groups excluding carboxylic acids is 3. The van der Waals surface area contributed by atoms with Crippen LogP contribution >= 0.6 is 0 Å². The van der Waals surface area contributed by atoms with Gasteiger partial charge in [-0.05, 0) is 6.08 Å². The van der Waals surface area contributed by atoms with Crippen LogP contribution in [0.1, 0.15) is 0 Å². The lowest BCUT2D eigenvalue weighted by Crippen LogP contribution is -2.40. The van der Waals surface area contributed by atoms with E-state index in [0.29, 0.717) is 6.29 Å². The summed E-state index contributed by atoms with van der Waals surface area (Å²) in [6.45, 7) is 0. The SMILES string of the molecule is COC(=O)[C@@H]1[C@H](C(=O)N(C)C)C(C=O)=C[C@@H]1O. The van der Waals surface area contributed by atoms with Crippen LogP contribution in [0.5, 0.6) is 0 Å². The Morgan fingerprint density at radius 2 is 2.06 bits per heavy atom. The fourth-order valence-corrected chi connectivity index (χ4v) is 1.91. The monoisotopic (exact) mass is 241 g/mol. The molecule has 0 aromatic carbocycles. The van der Waals surface area contributed by atoms with E-state index in [2.05, 4.69) is 4.74 Å². The fraction of sp³-hybridized carbons (Fsp3) is 0.545. The maximum absolute atomic E-state index is 11.9. The van der Waals surface area contributed by atoms with Crippen molar-refractivity contribution in [2.45, 2.75) is 6.10 Å². The highest BCUT2D eigenvalue weighted by atomic mass is 16.5. The van der Waals surface area contributed by atoms with Crippen LogP contribution in [-0.4, -0.2) is 55.5 Å². The van der Waals surface area contributed by atoms with Crippen molar-refractivity contribution in [1.29, 1.82) is 0 Å². The lowest BCUT2D eigenvalue weighted by Gasteiger charge is -2.23. The Hall–Kier alpha value is -1.69. The molecule has 0 fully saturated rings. The number of ether oxygens (including phenoxy) is 1. The first kappa shape index (κ1) is 13.4. The first-order valence-corrected chi connectivity index (χ1v) is 5.08. The van der Waals surface area contributed by atoms with Gasteiger partial charge in [-0.1, -0.05) is 0 Å². The maximum Gasteiger partial charge on any atom is 0.312 e. The minimum absolute atomic E-state index is 0.117. The molecule has 0 saturated carbocycles. The lowest BCUT2D eigenvalue weighted by molar-refractivity contribution is -0.153. The van der Waals surface area contributed by atoms with Crippen LogP contribution < -0.4 is 0 Å². The van der Waals surface area contributed by atoms with E-state index in [1.807, 2.05) is 0 Å². The minimum Gasteiger partial charge on any atom is -0.469 e. The molecule has 1 aliphatic rings. The quantitative estimate of drug-likeness (QED) is 0.505. The number of hydrogen-bond donors (Lipinski definition) is 1. The highest BCUT2D eigenvalue weighted by Crippen LogP contribution is 2.33. The van der Waals surface area contributed by atoms with Crippen LogP contribution in [0.4, 0.5) is 0 Å². The molecule has 0 saturated heterocycles. The van der Waals surface area contributed by atoms with E-state index in [9.17, 15) is 19.5 Å². The van der Waals surface area contributed by atoms with Crippen LogP contribution in [0.2, 0.25) is 0 Å². The summed E-state index contributed by atoms with van der Waals surface area (Å²) in [5, 5.41) is 9.69. The van der Waals surface area contributed by atoms with Gasteiger partial charge in [0.2, 0.25) is 5.91 Å². The molecule has 1 amide bonds. The minimum atomic E-state index is -1.17. The van der Waals surface area contributed by atoms with Crippen molar-refractivity contribution in [2.75, 3.05) is 21.2 Å². The van der Waals surface area contributed by atoms with Gasteiger partial charge >= 0.3 is 5.97 Å². The smallest absolute Gasteiger partial charge is 0.312 e. The average molecular weight is 241 g/mol. The summed E-state index contributed by atoms with van der Waals surface area (Å²) in [6.07, 6.45) is 0.537.